The fourth-order valence-electron chi connectivity index (χ4n) is 1.99. The number of hydrogen-bond donors (Lipinski definition) is 1. The second-order valence-electron chi connectivity index (χ2n) is 4.65. The van der Waals surface area contributed by atoms with Crippen LogP contribution in [0.2, 0.25) is 0 Å². The normalized spacial score (nSPS) is 16.8. The van der Waals surface area contributed by atoms with Crippen molar-refractivity contribution in [1.29, 1.82) is 0 Å². The van der Waals surface area contributed by atoms with Gasteiger partial charge in [-0.15, -0.1) is 0 Å². The quantitative estimate of drug-likeness (QED) is 0.667. The summed E-state index contributed by atoms with van der Waals surface area (Å²) in [7, 11) is 0. The third-order valence-corrected chi connectivity index (χ3v) is 4.36. The molecule has 110 valence electrons. The standard InChI is InChI=1S/C15H15NO3S2/c1-2-3-10-4-6-11(7-5-10)8-12-14(19)16(9-13(17)18)15(20)21-12/h4-8H,2-3,9H2,1H3,(H,17,18)/b12-8-. The molecule has 1 aliphatic heterocycles. The van der Waals surface area contributed by atoms with Gasteiger partial charge in [0.15, 0.2) is 0 Å². The summed E-state index contributed by atoms with van der Waals surface area (Å²) >= 11 is 6.19. The number of carbonyl (C=O) groups excluding carboxylic acids is 1. The summed E-state index contributed by atoms with van der Waals surface area (Å²) in [6, 6.07) is 7.98. The van der Waals surface area contributed by atoms with Gasteiger partial charge in [0.1, 0.15) is 10.9 Å². The Labute approximate surface area is 132 Å². The van der Waals surface area contributed by atoms with Crippen LogP contribution < -0.4 is 0 Å². The highest BCUT2D eigenvalue weighted by atomic mass is 32.2. The minimum atomic E-state index is -1.07. The van der Waals surface area contributed by atoms with Gasteiger partial charge in [0.2, 0.25) is 0 Å². The van der Waals surface area contributed by atoms with Crippen molar-refractivity contribution in [2.75, 3.05) is 6.54 Å². The first-order valence-corrected chi connectivity index (χ1v) is 7.80. The third-order valence-electron chi connectivity index (χ3n) is 2.98. The number of aliphatic carboxylic acids is 1. The van der Waals surface area contributed by atoms with Crippen molar-refractivity contribution in [1.82, 2.24) is 4.90 Å². The Morgan fingerprint density at radius 2 is 2.05 bits per heavy atom. The van der Waals surface area contributed by atoms with Crippen LogP contribution in [0.25, 0.3) is 6.08 Å². The van der Waals surface area contributed by atoms with E-state index in [1.165, 1.54) is 5.56 Å². The van der Waals surface area contributed by atoms with E-state index < -0.39 is 12.5 Å². The summed E-state index contributed by atoms with van der Waals surface area (Å²) in [5, 5.41) is 8.78. The number of carboxylic acids is 1. The van der Waals surface area contributed by atoms with Gasteiger partial charge in [-0.25, -0.2) is 0 Å². The van der Waals surface area contributed by atoms with Crippen LogP contribution in [0.3, 0.4) is 0 Å². The molecule has 1 heterocycles. The number of carboxylic acid groups (broad SMARTS) is 1. The number of benzene rings is 1. The highest BCUT2D eigenvalue weighted by molar-refractivity contribution is 8.26. The van der Waals surface area contributed by atoms with Gasteiger partial charge in [-0.1, -0.05) is 61.6 Å². The van der Waals surface area contributed by atoms with Crippen LogP contribution >= 0.6 is 24.0 Å². The van der Waals surface area contributed by atoms with Crippen LogP contribution in [-0.4, -0.2) is 32.7 Å². The molecule has 0 bridgehead atoms. The Balaban J connectivity index is 2.16. The highest BCUT2D eigenvalue weighted by Crippen LogP contribution is 2.32. The molecule has 0 radical (unpaired) electrons. The molecule has 6 heteroatoms. The van der Waals surface area contributed by atoms with Gasteiger partial charge in [-0.3, -0.25) is 14.5 Å². The molecule has 1 saturated heterocycles. The molecule has 1 N–H and O–H groups in total. The highest BCUT2D eigenvalue weighted by Gasteiger charge is 2.33. The number of amides is 1. The molecule has 0 spiro atoms. The van der Waals surface area contributed by atoms with Crippen molar-refractivity contribution in [2.45, 2.75) is 19.8 Å². The lowest BCUT2D eigenvalue weighted by Crippen LogP contribution is -2.33. The van der Waals surface area contributed by atoms with E-state index in [0.29, 0.717) is 4.91 Å². The first-order chi connectivity index (χ1) is 10.0. The number of nitrogens with zero attached hydrogens (tertiary/aromatic N) is 1. The van der Waals surface area contributed by atoms with E-state index in [1.807, 2.05) is 24.3 Å². The van der Waals surface area contributed by atoms with Gasteiger partial charge in [0, 0.05) is 0 Å². The van der Waals surface area contributed by atoms with Crippen molar-refractivity contribution in [3.63, 3.8) is 0 Å². The SMILES string of the molecule is CCCc1ccc(/C=C2\SC(=S)N(CC(=O)O)C2=O)cc1. The topological polar surface area (TPSA) is 57.6 Å². The molecule has 1 aromatic rings. The Morgan fingerprint density at radius 1 is 1.38 bits per heavy atom. The molecule has 0 aromatic heterocycles. The predicted octanol–water partition coefficient (Wildman–Crippen LogP) is 2.92. The van der Waals surface area contributed by atoms with Crippen LogP contribution in [0.5, 0.6) is 0 Å². The number of thiocarbonyl (C=S) groups is 1. The maximum Gasteiger partial charge on any atom is 0.323 e. The summed E-state index contributed by atoms with van der Waals surface area (Å²) in [5.74, 6) is -1.42. The largest absolute Gasteiger partial charge is 0.480 e. The molecule has 2 rings (SSSR count). The molecule has 0 saturated carbocycles. The molecule has 1 fully saturated rings. The number of aryl methyl sites for hydroxylation is 1. The zero-order valence-corrected chi connectivity index (χ0v) is 13.2. The maximum absolute atomic E-state index is 12.1. The summed E-state index contributed by atoms with van der Waals surface area (Å²) in [4.78, 5) is 24.4. The van der Waals surface area contributed by atoms with E-state index in [9.17, 15) is 9.59 Å². The van der Waals surface area contributed by atoms with E-state index in [-0.39, 0.29) is 10.2 Å². The van der Waals surface area contributed by atoms with E-state index in [4.69, 9.17) is 17.3 Å². The van der Waals surface area contributed by atoms with Gasteiger partial charge in [-0.05, 0) is 23.6 Å². The van der Waals surface area contributed by atoms with E-state index >= 15 is 0 Å². The number of carbonyl (C=O) groups is 2. The molecule has 4 nitrogen and oxygen atoms in total. The number of thioether (sulfide) groups is 1. The average Bonchev–Trinajstić information content (AvgIpc) is 2.69. The van der Waals surface area contributed by atoms with Gasteiger partial charge >= 0.3 is 5.97 Å². The second kappa shape index (κ2) is 6.87. The lowest BCUT2D eigenvalue weighted by Gasteiger charge is -2.10. The third kappa shape index (κ3) is 3.92. The van der Waals surface area contributed by atoms with Crippen molar-refractivity contribution in [3.05, 3.63) is 40.3 Å². The van der Waals surface area contributed by atoms with Gasteiger partial charge in [0.05, 0.1) is 4.91 Å². The Kier molecular flexibility index (Phi) is 5.14. The first-order valence-electron chi connectivity index (χ1n) is 6.57. The average molecular weight is 321 g/mol. The number of hydrogen-bond acceptors (Lipinski definition) is 4. The minimum absolute atomic E-state index is 0.288. The second-order valence-corrected chi connectivity index (χ2v) is 6.33. The van der Waals surface area contributed by atoms with Gasteiger partial charge in [0.25, 0.3) is 5.91 Å². The van der Waals surface area contributed by atoms with Crippen molar-refractivity contribution in [2.24, 2.45) is 0 Å². The van der Waals surface area contributed by atoms with E-state index in [2.05, 4.69) is 6.92 Å². The van der Waals surface area contributed by atoms with Gasteiger partial charge < -0.3 is 5.11 Å². The molecule has 1 aliphatic rings. The van der Waals surface area contributed by atoms with Gasteiger partial charge in [-0.2, -0.15) is 0 Å². The van der Waals surface area contributed by atoms with E-state index in [1.54, 1.807) is 6.08 Å². The molecule has 0 atom stereocenters. The molecule has 0 aliphatic carbocycles. The smallest absolute Gasteiger partial charge is 0.323 e. The summed E-state index contributed by atoms with van der Waals surface area (Å²) < 4.78 is 0.288. The fraction of sp³-hybridized carbons (Fsp3) is 0.267. The lowest BCUT2D eigenvalue weighted by molar-refractivity contribution is -0.140. The summed E-state index contributed by atoms with van der Waals surface area (Å²) in [6.45, 7) is 1.74. The number of rotatable bonds is 5. The molecule has 1 amide bonds. The predicted molar refractivity (Wildman–Crippen MR) is 88.0 cm³/mol. The molecule has 0 unspecified atom stereocenters. The van der Waals surface area contributed by atoms with Crippen LogP contribution in [0.15, 0.2) is 29.2 Å². The first kappa shape index (κ1) is 15.7. The molecular formula is C15H15NO3S2. The lowest BCUT2D eigenvalue weighted by atomic mass is 10.1. The Morgan fingerprint density at radius 3 is 2.62 bits per heavy atom. The minimum Gasteiger partial charge on any atom is -0.480 e. The monoisotopic (exact) mass is 321 g/mol. The Hall–Kier alpha value is -1.66. The van der Waals surface area contributed by atoms with E-state index in [0.717, 1.165) is 35.1 Å². The summed E-state index contributed by atoms with van der Waals surface area (Å²) in [6.07, 6.45) is 3.87. The zero-order valence-electron chi connectivity index (χ0n) is 11.5. The fourth-order valence-corrected chi connectivity index (χ4v) is 3.25. The zero-order chi connectivity index (χ0) is 15.4. The van der Waals surface area contributed by atoms with Crippen LogP contribution in [-0.2, 0) is 16.0 Å². The van der Waals surface area contributed by atoms with Crippen molar-refractivity contribution < 1.29 is 14.7 Å². The van der Waals surface area contributed by atoms with Crippen molar-refractivity contribution in [3.8, 4) is 0 Å². The van der Waals surface area contributed by atoms with Crippen LogP contribution in [0.1, 0.15) is 24.5 Å². The van der Waals surface area contributed by atoms with Crippen LogP contribution in [0.4, 0.5) is 0 Å². The molecule has 21 heavy (non-hydrogen) atoms. The maximum atomic E-state index is 12.1. The summed E-state index contributed by atoms with van der Waals surface area (Å²) in [5.41, 5.74) is 2.17. The molecule has 1 aromatic carbocycles. The van der Waals surface area contributed by atoms with Crippen LogP contribution in [0, 0.1) is 0 Å². The molecular weight excluding hydrogens is 306 g/mol. The van der Waals surface area contributed by atoms with Crippen molar-refractivity contribution >= 4 is 46.3 Å². The Bertz CT molecular complexity index is 608.